The van der Waals surface area contributed by atoms with Gasteiger partial charge in [-0.25, -0.2) is 18.4 Å². The minimum atomic E-state index is -3.83. The van der Waals surface area contributed by atoms with Crippen molar-refractivity contribution >= 4 is 9.84 Å². The highest BCUT2D eigenvalue weighted by Crippen LogP contribution is 2.29. The molecule has 0 amide bonds. The lowest BCUT2D eigenvalue weighted by Crippen LogP contribution is -2.31. The number of rotatable bonds is 14. The van der Waals surface area contributed by atoms with E-state index in [1.54, 1.807) is 43.9 Å². The van der Waals surface area contributed by atoms with Crippen LogP contribution in [0.1, 0.15) is 30.6 Å². The molecular formula is C23H32N6O7S. The summed E-state index contributed by atoms with van der Waals surface area (Å²) in [5, 5.41) is 7.54. The normalized spacial score (nSPS) is 13.5. The molecule has 37 heavy (non-hydrogen) atoms. The highest BCUT2D eigenvalue weighted by atomic mass is 32.2. The van der Waals surface area contributed by atoms with Gasteiger partial charge >= 0.3 is 0 Å². The second-order valence-electron chi connectivity index (χ2n) is 8.09. The molecule has 0 saturated heterocycles. The molecular weight excluding hydrogens is 504 g/mol. The van der Waals surface area contributed by atoms with Gasteiger partial charge in [0.05, 0.1) is 56.8 Å². The highest BCUT2D eigenvalue weighted by molar-refractivity contribution is 7.91. The number of hydrogen-bond acceptors (Lipinski definition) is 12. The molecule has 3 rings (SSSR count). The van der Waals surface area contributed by atoms with E-state index in [9.17, 15) is 8.42 Å². The summed E-state index contributed by atoms with van der Waals surface area (Å²) in [7, 11) is 3.67. The molecule has 0 aliphatic rings. The molecule has 202 valence electrons. The van der Waals surface area contributed by atoms with Crippen molar-refractivity contribution in [1.82, 2.24) is 29.7 Å². The van der Waals surface area contributed by atoms with E-state index < -0.39 is 33.0 Å². The van der Waals surface area contributed by atoms with E-state index in [1.165, 1.54) is 33.7 Å². The standard InChI is InChI=1S/C23H32N6O7S/c1-15(22(36-6)18-10-25-21(35-5)11-24-18)37(30,31)14-19-27-28-23(17-8-7-9-20(26-17)34-4)29(19)16(12-32-2)13-33-3/h7-11,15-16,22H,12-14H2,1-6H3/t15-,22-/m0/s1. The van der Waals surface area contributed by atoms with Crippen LogP contribution in [-0.4, -0.2) is 92.1 Å². The van der Waals surface area contributed by atoms with Gasteiger partial charge in [0.2, 0.25) is 11.8 Å². The minimum absolute atomic E-state index is 0.209. The summed E-state index contributed by atoms with van der Waals surface area (Å²) in [5.74, 6) is 0.844. The van der Waals surface area contributed by atoms with E-state index in [0.717, 1.165) is 0 Å². The molecule has 13 nitrogen and oxygen atoms in total. The second-order valence-corrected chi connectivity index (χ2v) is 10.4. The Kier molecular flexibility index (Phi) is 9.86. The number of nitrogens with zero attached hydrogens (tertiary/aromatic N) is 6. The third-order valence-corrected chi connectivity index (χ3v) is 7.78. The third-order valence-electron chi connectivity index (χ3n) is 5.74. The number of pyridine rings is 1. The smallest absolute Gasteiger partial charge is 0.231 e. The van der Waals surface area contributed by atoms with Crippen LogP contribution < -0.4 is 9.47 Å². The topological polar surface area (TPSA) is 150 Å². The van der Waals surface area contributed by atoms with E-state index in [-0.39, 0.29) is 19.0 Å². The maximum absolute atomic E-state index is 13.6. The van der Waals surface area contributed by atoms with Crippen molar-refractivity contribution in [2.24, 2.45) is 0 Å². The molecule has 14 heteroatoms. The lowest BCUT2D eigenvalue weighted by molar-refractivity contribution is 0.0888. The summed E-state index contributed by atoms with van der Waals surface area (Å²) in [5.41, 5.74) is 0.822. The van der Waals surface area contributed by atoms with Crippen molar-refractivity contribution in [2.75, 3.05) is 48.8 Å². The van der Waals surface area contributed by atoms with Crippen molar-refractivity contribution in [3.63, 3.8) is 0 Å². The first-order valence-electron chi connectivity index (χ1n) is 11.3. The van der Waals surface area contributed by atoms with Gasteiger partial charge < -0.3 is 28.3 Å². The van der Waals surface area contributed by atoms with Crippen molar-refractivity contribution in [2.45, 2.75) is 30.1 Å². The summed E-state index contributed by atoms with van der Waals surface area (Å²) in [6.45, 7) is 2.02. The predicted octanol–water partition coefficient (Wildman–Crippen LogP) is 1.67. The van der Waals surface area contributed by atoms with Crippen LogP contribution in [-0.2, 0) is 29.8 Å². The number of ether oxygens (including phenoxy) is 5. The quantitative estimate of drug-likeness (QED) is 0.295. The Hall–Kier alpha value is -3.20. The summed E-state index contributed by atoms with van der Waals surface area (Å²) < 4.78 is 55.5. The molecule has 0 N–H and O–H groups in total. The van der Waals surface area contributed by atoms with Crippen LogP contribution in [0, 0.1) is 0 Å². The molecule has 0 aromatic carbocycles. The van der Waals surface area contributed by atoms with Crippen LogP contribution in [0.5, 0.6) is 11.8 Å². The Morgan fingerprint density at radius 3 is 2.19 bits per heavy atom. The molecule has 0 fully saturated rings. The Labute approximate surface area is 216 Å². The molecule has 0 aliphatic carbocycles. The van der Waals surface area contributed by atoms with E-state index in [4.69, 9.17) is 23.7 Å². The van der Waals surface area contributed by atoms with Gasteiger partial charge in [-0.2, -0.15) is 0 Å². The number of hydrogen-bond donors (Lipinski definition) is 0. The Bertz CT molecular complexity index is 1250. The van der Waals surface area contributed by atoms with Crippen molar-refractivity contribution in [3.05, 3.63) is 42.1 Å². The summed E-state index contributed by atoms with van der Waals surface area (Å²) in [6.07, 6.45) is 1.97. The van der Waals surface area contributed by atoms with Gasteiger partial charge in [-0.3, -0.25) is 4.98 Å². The fourth-order valence-electron chi connectivity index (χ4n) is 3.85. The zero-order valence-electron chi connectivity index (χ0n) is 21.7. The lowest BCUT2D eigenvalue weighted by atomic mass is 10.2. The van der Waals surface area contributed by atoms with Crippen LogP contribution in [0.15, 0.2) is 30.6 Å². The van der Waals surface area contributed by atoms with Gasteiger partial charge in [-0.1, -0.05) is 6.07 Å². The molecule has 2 atom stereocenters. The van der Waals surface area contributed by atoms with Gasteiger partial charge in [-0.05, 0) is 13.0 Å². The van der Waals surface area contributed by atoms with E-state index in [2.05, 4.69) is 25.1 Å². The van der Waals surface area contributed by atoms with E-state index in [1.807, 2.05) is 0 Å². The van der Waals surface area contributed by atoms with Gasteiger partial charge in [-0.15, -0.1) is 10.2 Å². The number of aromatic nitrogens is 6. The van der Waals surface area contributed by atoms with Crippen molar-refractivity contribution in [1.29, 1.82) is 0 Å². The maximum Gasteiger partial charge on any atom is 0.231 e. The summed E-state index contributed by atoms with van der Waals surface area (Å²) in [4.78, 5) is 12.8. The first-order chi connectivity index (χ1) is 17.8. The molecule has 3 aromatic rings. The molecule has 0 spiro atoms. The molecule has 3 aromatic heterocycles. The first kappa shape index (κ1) is 28.4. The van der Waals surface area contributed by atoms with Crippen molar-refractivity contribution in [3.8, 4) is 23.3 Å². The average molecular weight is 537 g/mol. The number of methoxy groups -OCH3 is 5. The van der Waals surface area contributed by atoms with E-state index in [0.29, 0.717) is 29.0 Å². The monoisotopic (exact) mass is 536 g/mol. The second kappa shape index (κ2) is 12.9. The van der Waals surface area contributed by atoms with Gasteiger partial charge in [0.25, 0.3) is 0 Å². The van der Waals surface area contributed by atoms with Gasteiger partial charge in [0.1, 0.15) is 23.4 Å². The Morgan fingerprint density at radius 1 is 0.919 bits per heavy atom. The molecule has 3 heterocycles. The largest absolute Gasteiger partial charge is 0.481 e. The van der Waals surface area contributed by atoms with Crippen LogP contribution in [0.3, 0.4) is 0 Å². The minimum Gasteiger partial charge on any atom is -0.481 e. The van der Waals surface area contributed by atoms with Gasteiger partial charge in [0.15, 0.2) is 15.7 Å². The molecule has 0 saturated carbocycles. The van der Waals surface area contributed by atoms with Crippen LogP contribution in [0.2, 0.25) is 0 Å². The third kappa shape index (κ3) is 6.57. The zero-order valence-corrected chi connectivity index (χ0v) is 22.5. The average Bonchev–Trinajstić information content (AvgIpc) is 3.32. The summed E-state index contributed by atoms with van der Waals surface area (Å²) in [6, 6.07) is 4.79. The molecule has 0 radical (unpaired) electrons. The van der Waals surface area contributed by atoms with Crippen LogP contribution in [0.4, 0.5) is 0 Å². The number of sulfone groups is 1. The Balaban J connectivity index is 2.01. The lowest BCUT2D eigenvalue weighted by Gasteiger charge is -2.24. The molecule has 0 aliphatic heterocycles. The fraction of sp³-hybridized carbons (Fsp3) is 0.522. The molecule has 0 unspecified atom stereocenters. The molecule has 0 bridgehead atoms. The fourth-order valence-corrected chi connectivity index (χ4v) is 5.29. The van der Waals surface area contributed by atoms with Gasteiger partial charge in [0, 0.05) is 27.4 Å². The van der Waals surface area contributed by atoms with Crippen molar-refractivity contribution < 1.29 is 32.1 Å². The van der Waals surface area contributed by atoms with E-state index >= 15 is 0 Å². The van der Waals surface area contributed by atoms with Crippen LogP contribution >= 0.6 is 0 Å². The first-order valence-corrected chi connectivity index (χ1v) is 13.0. The zero-order chi connectivity index (χ0) is 27.0. The Morgan fingerprint density at radius 2 is 1.62 bits per heavy atom. The van der Waals surface area contributed by atoms with Crippen LogP contribution in [0.25, 0.3) is 11.5 Å². The SMILES string of the molecule is COCC(COC)n1c(CS(=O)(=O)[C@@H](C)[C@H](OC)c2cnc(OC)cn2)nnc1-c1cccc(OC)n1. The summed E-state index contributed by atoms with van der Waals surface area (Å²) >= 11 is 0. The highest BCUT2D eigenvalue weighted by Gasteiger charge is 2.35. The predicted molar refractivity (Wildman–Crippen MR) is 133 cm³/mol. The maximum atomic E-state index is 13.6.